The van der Waals surface area contributed by atoms with Crippen LogP contribution >= 0.6 is 0 Å². The number of nitrogens with one attached hydrogen (secondary N) is 1. The molecule has 13 heavy (non-hydrogen) atoms. The van der Waals surface area contributed by atoms with Crippen molar-refractivity contribution in [3.63, 3.8) is 0 Å². The SMILES string of the molecule is CNCC(C)(F)c1cccc(C)c1. The van der Waals surface area contributed by atoms with Crippen LogP contribution in [0.3, 0.4) is 0 Å². The van der Waals surface area contributed by atoms with Crippen LogP contribution in [-0.4, -0.2) is 13.6 Å². The van der Waals surface area contributed by atoms with Gasteiger partial charge in [0.05, 0.1) is 0 Å². The number of hydrogen-bond acceptors (Lipinski definition) is 1. The molecular weight excluding hydrogens is 165 g/mol. The van der Waals surface area contributed by atoms with Crippen LogP contribution in [0.25, 0.3) is 0 Å². The summed E-state index contributed by atoms with van der Waals surface area (Å²) in [7, 11) is 1.76. The molecule has 1 aromatic carbocycles. The minimum atomic E-state index is -1.28. The molecule has 72 valence electrons. The number of benzene rings is 1. The molecule has 0 aliphatic carbocycles. The van der Waals surface area contributed by atoms with Crippen molar-refractivity contribution in [2.45, 2.75) is 19.5 Å². The first-order valence-corrected chi connectivity index (χ1v) is 4.47. The van der Waals surface area contributed by atoms with Crippen molar-refractivity contribution in [3.05, 3.63) is 35.4 Å². The normalized spacial score (nSPS) is 15.4. The van der Waals surface area contributed by atoms with E-state index in [2.05, 4.69) is 5.32 Å². The maximum absolute atomic E-state index is 13.9. The number of halogens is 1. The van der Waals surface area contributed by atoms with Crippen molar-refractivity contribution >= 4 is 0 Å². The lowest BCUT2D eigenvalue weighted by Crippen LogP contribution is -2.29. The van der Waals surface area contributed by atoms with Gasteiger partial charge in [-0.2, -0.15) is 0 Å². The van der Waals surface area contributed by atoms with E-state index in [1.165, 1.54) is 0 Å². The van der Waals surface area contributed by atoms with Gasteiger partial charge in [-0.3, -0.25) is 0 Å². The van der Waals surface area contributed by atoms with Crippen LogP contribution in [0.1, 0.15) is 18.1 Å². The van der Waals surface area contributed by atoms with E-state index in [0.717, 1.165) is 11.1 Å². The molecule has 1 unspecified atom stereocenters. The van der Waals surface area contributed by atoms with E-state index in [0.29, 0.717) is 6.54 Å². The predicted molar refractivity (Wildman–Crippen MR) is 53.6 cm³/mol. The second-order valence-electron chi connectivity index (χ2n) is 3.60. The van der Waals surface area contributed by atoms with Gasteiger partial charge in [-0.05, 0) is 26.5 Å². The Morgan fingerprint density at radius 1 is 1.46 bits per heavy atom. The Labute approximate surface area is 79.0 Å². The molecule has 0 amide bonds. The molecule has 0 aliphatic heterocycles. The summed E-state index contributed by atoms with van der Waals surface area (Å²) >= 11 is 0. The van der Waals surface area contributed by atoms with Crippen molar-refractivity contribution in [2.75, 3.05) is 13.6 Å². The summed E-state index contributed by atoms with van der Waals surface area (Å²) in [4.78, 5) is 0. The molecule has 0 spiro atoms. The lowest BCUT2D eigenvalue weighted by Gasteiger charge is -2.20. The lowest BCUT2D eigenvalue weighted by molar-refractivity contribution is 0.190. The van der Waals surface area contributed by atoms with Crippen LogP contribution in [0, 0.1) is 6.92 Å². The van der Waals surface area contributed by atoms with E-state index in [4.69, 9.17) is 0 Å². The molecule has 0 saturated heterocycles. The highest BCUT2D eigenvalue weighted by Gasteiger charge is 2.24. The molecular formula is C11H16FN. The Kier molecular flexibility index (Phi) is 3.04. The molecule has 0 heterocycles. The topological polar surface area (TPSA) is 12.0 Å². The molecule has 0 aliphatic rings. The Hall–Kier alpha value is -0.890. The lowest BCUT2D eigenvalue weighted by atomic mass is 9.96. The van der Waals surface area contributed by atoms with Crippen LogP contribution in [0.2, 0.25) is 0 Å². The zero-order valence-corrected chi connectivity index (χ0v) is 8.39. The van der Waals surface area contributed by atoms with Crippen LogP contribution in [-0.2, 0) is 5.67 Å². The highest BCUT2D eigenvalue weighted by atomic mass is 19.1. The molecule has 2 heteroatoms. The van der Waals surface area contributed by atoms with Gasteiger partial charge in [0.1, 0.15) is 5.67 Å². The maximum Gasteiger partial charge on any atom is 0.145 e. The number of aryl methyl sites for hydroxylation is 1. The Morgan fingerprint density at radius 3 is 2.69 bits per heavy atom. The highest BCUT2D eigenvalue weighted by molar-refractivity contribution is 5.27. The van der Waals surface area contributed by atoms with Gasteiger partial charge in [0, 0.05) is 6.54 Å². The number of hydrogen-bond donors (Lipinski definition) is 1. The Bertz CT molecular complexity index is 281. The number of likely N-dealkylation sites (N-methyl/N-ethyl adjacent to an activating group) is 1. The van der Waals surface area contributed by atoms with Gasteiger partial charge < -0.3 is 5.32 Å². The zero-order chi connectivity index (χ0) is 9.90. The second kappa shape index (κ2) is 3.88. The largest absolute Gasteiger partial charge is 0.316 e. The predicted octanol–water partition coefficient (Wildman–Crippen LogP) is 2.40. The summed E-state index contributed by atoms with van der Waals surface area (Å²) in [6.07, 6.45) is 0. The fourth-order valence-corrected chi connectivity index (χ4v) is 1.40. The molecule has 1 nitrogen and oxygen atoms in total. The van der Waals surface area contributed by atoms with E-state index in [1.807, 2.05) is 31.2 Å². The molecule has 1 atom stereocenters. The standard InChI is InChI=1S/C11H16FN/c1-9-5-4-6-10(7-9)11(2,12)8-13-3/h4-7,13H,8H2,1-3H3. The Morgan fingerprint density at radius 2 is 2.15 bits per heavy atom. The monoisotopic (exact) mass is 181 g/mol. The first kappa shape index (κ1) is 10.2. The highest BCUT2D eigenvalue weighted by Crippen LogP contribution is 2.24. The molecule has 0 bridgehead atoms. The first-order valence-electron chi connectivity index (χ1n) is 4.47. The van der Waals surface area contributed by atoms with Crippen LogP contribution < -0.4 is 5.32 Å². The number of alkyl halides is 1. The fraction of sp³-hybridized carbons (Fsp3) is 0.455. The van der Waals surface area contributed by atoms with Gasteiger partial charge >= 0.3 is 0 Å². The molecule has 1 rings (SSSR count). The summed E-state index contributed by atoms with van der Waals surface area (Å²) in [5, 5.41) is 2.85. The Balaban J connectivity index is 2.93. The summed E-state index contributed by atoms with van der Waals surface area (Å²) in [6, 6.07) is 7.57. The first-order chi connectivity index (χ1) is 6.06. The van der Waals surface area contributed by atoms with E-state index < -0.39 is 5.67 Å². The van der Waals surface area contributed by atoms with Gasteiger partial charge in [-0.1, -0.05) is 29.8 Å². The molecule has 1 aromatic rings. The molecule has 1 N–H and O–H groups in total. The van der Waals surface area contributed by atoms with Crippen LogP contribution in [0.15, 0.2) is 24.3 Å². The molecule has 0 saturated carbocycles. The van der Waals surface area contributed by atoms with Crippen molar-refractivity contribution in [1.82, 2.24) is 5.32 Å². The summed E-state index contributed by atoms with van der Waals surface area (Å²) < 4.78 is 13.9. The minimum Gasteiger partial charge on any atom is -0.316 e. The average molecular weight is 181 g/mol. The van der Waals surface area contributed by atoms with Crippen molar-refractivity contribution in [1.29, 1.82) is 0 Å². The third-order valence-corrected chi connectivity index (χ3v) is 2.13. The zero-order valence-electron chi connectivity index (χ0n) is 8.39. The average Bonchev–Trinajstić information content (AvgIpc) is 2.04. The third kappa shape index (κ3) is 2.52. The van der Waals surface area contributed by atoms with Gasteiger partial charge in [-0.25, -0.2) is 4.39 Å². The van der Waals surface area contributed by atoms with Crippen molar-refractivity contribution < 1.29 is 4.39 Å². The van der Waals surface area contributed by atoms with E-state index in [9.17, 15) is 4.39 Å². The fourth-order valence-electron chi connectivity index (χ4n) is 1.40. The van der Waals surface area contributed by atoms with Crippen LogP contribution in [0.4, 0.5) is 4.39 Å². The maximum atomic E-state index is 13.9. The van der Waals surface area contributed by atoms with Crippen LogP contribution in [0.5, 0.6) is 0 Å². The van der Waals surface area contributed by atoms with E-state index in [1.54, 1.807) is 14.0 Å². The van der Waals surface area contributed by atoms with Gasteiger partial charge in [-0.15, -0.1) is 0 Å². The summed E-state index contributed by atoms with van der Waals surface area (Å²) in [6.45, 7) is 3.91. The van der Waals surface area contributed by atoms with Gasteiger partial charge in [0.15, 0.2) is 0 Å². The molecule has 0 fully saturated rings. The summed E-state index contributed by atoms with van der Waals surface area (Å²) in [5.41, 5.74) is 0.556. The van der Waals surface area contributed by atoms with Crippen molar-refractivity contribution in [3.8, 4) is 0 Å². The second-order valence-corrected chi connectivity index (χ2v) is 3.60. The van der Waals surface area contributed by atoms with Gasteiger partial charge in [0.25, 0.3) is 0 Å². The van der Waals surface area contributed by atoms with Crippen molar-refractivity contribution in [2.24, 2.45) is 0 Å². The smallest absolute Gasteiger partial charge is 0.145 e. The minimum absolute atomic E-state index is 0.344. The summed E-state index contributed by atoms with van der Waals surface area (Å²) in [5.74, 6) is 0. The van der Waals surface area contributed by atoms with E-state index in [-0.39, 0.29) is 0 Å². The number of rotatable bonds is 3. The quantitative estimate of drug-likeness (QED) is 0.755. The molecule has 0 radical (unpaired) electrons. The van der Waals surface area contributed by atoms with E-state index >= 15 is 0 Å². The van der Waals surface area contributed by atoms with Gasteiger partial charge in [0.2, 0.25) is 0 Å². The molecule has 0 aromatic heterocycles. The third-order valence-electron chi connectivity index (χ3n) is 2.13.